The quantitative estimate of drug-likeness (QED) is 0.739. The van der Waals surface area contributed by atoms with Gasteiger partial charge in [0.15, 0.2) is 0 Å². The molecule has 0 radical (unpaired) electrons. The molecule has 1 rings (SSSR count). The zero-order valence-corrected chi connectivity index (χ0v) is 13.3. The second-order valence-electron chi connectivity index (χ2n) is 5.09. The van der Waals surface area contributed by atoms with E-state index in [0.717, 1.165) is 0 Å². The van der Waals surface area contributed by atoms with E-state index in [-0.39, 0.29) is 35.2 Å². The molecule has 0 aliphatic heterocycles. The molecule has 0 saturated carbocycles. The Morgan fingerprint density at radius 1 is 1.26 bits per heavy atom. The molecule has 2 N–H and O–H groups in total. The van der Waals surface area contributed by atoms with Gasteiger partial charge in [-0.2, -0.15) is 13.2 Å². The van der Waals surface area contributed by atoms with Gasteiger partial charge in [-0.05, 0) is 43.0 Å². The van der Waals surface area contributed by atoms with Crippen LogP contribution in [0.1, 0.15) is 23.7 Å². The summed E-state index contributed by atoms with van der Waals surface area (Å²) in [5.74, 6) is -1.70. The third-order valence-corrected chi connectivity index (χ3v) is 3.51. The van der Waals surface area contributed by atoms with Gasteiger partial charge in [-0.15, -0.1) is 0 Å². The van der Waals surface area contributed by atoms with E-state index < -0.39 is 22.9 Å². The third-order valence-electron chi connectivity index (χ3n) is 2.77. The number of rotatable bonds is 7. The van der Waals surface area contributed by atoms with Crippen molar-refractivity contribution in [3.8, 4) is 0 Å². The molecule has 1 amide bonds. The summed E-state index contributed by atoms with van der Waals surface area (Å²) in [4.78, 5) is 23.0. The number of ether oxygens (including phenoxy) is 1. The number of aliphatic carboxylic acids is 1. The molecule has 5 nitrogen and oxygen atoms in total. The average molecular weight is 351 g/mol. The monoisotopic (exact) mass is 351 g/mol. The Morgan fingerprint density at radius 2 is 1.83 bits per heavy atom. The summed E-state index contributed by atoms with van der Waals surface area (Å²) in [5, 5.41) is 11.4. The van der Waals surface area contributed by atoms with Crippen molar-refractivity contribution in [1.82, 2.24) is 5.32 Å². The van der Waals surface area contributed by atoms with Crippen molar-refractivity contribution >= 4 is 23.6 Å². The number of thioether (sulfide) groups is 1. The maximum absolute atomic E-state index is 12.2. The maximum Gasteiger partial charge on any atom is 0.446 e. The van der Waals surface area contributed by atoms with Crippen LogP contribution in [0.5, 0.6) is 0 Å². The maximum atomic E-state index is 12.2. The lowest BCUT2D eigenvalue weighted by Crippen LogP contribution is -2.50. The normalized spacial score (nSPS) is 14.1. The highest BCUT2D eigenvalue weighted by molar-refractivity contribution is 8.00. The number of amides is 1. The van der Waals surface area contributed by atoms with Gasteiger partial charge in [-0.3, -0.25) is 9.59 Å². The molecule has 0 aliphatic carbocycles. The molecular formula is C14H16F3NO4S. The largest absolute Gasteiger partial charge is 0.481 e. The van der Waals surface area contributed by atoms with Crippen LogP contribution in [0.15, 0.2) is 29.2 Å². The number of carboxylic acid groups (broad SMARTS) is 1. The summed E-state index contributed by atoms with van der Waals surface area (Å²) >= 11 is -0.279. The zero-order valence-electron chi connectivity index (χ0n) is 12.4. The zero-order chi connectivity index (χ0) is 17.7. The Hall–Kier alpha value is -1.74. The minimum absolute atomic E-state index is 0.0208. The van der Waals surface area contributed by atoms with Gasteiger partial charge in [-0.1, -0.05) is 0 Å². The van der Waals surface area contributed by atoms with Crippen LogP contribution >= 0.6 is 11.8 Å². The summed E-state index contributed by atoms with van der Waals surface area (Å²) in [7, 11) is 1.37. The van der Waals surface area contributed by atoms with Crippen LogP contribution in [0.2, 0.25) is 0 Å². The molecule has 128 valence electrons. The van der Waals surface area contributed by atoms with Gasteiger partial charge in [-0.25, -0.2) is 0 Å². The van der Waals surface area contributed by atoms with Gasteiger partial charge in [0, 0.05) is 17.6 Å². The first-order valence-electron chi connectivity index (χ1n) is 6.44. The van der Waals surface area contributed by atoms with Crippen molar-refractivity contribution in [1.29, 1.82) is 0 Å². The fourth-order valence-electron chi connectivity index (χ4n) is 1.94. The molecular weight excluding hydrogens is 335 g/mol. The standard InChI is InChI=1S/C14H16F3NO4S/c1-13(8-22-2,7-11(19)20)18-12(21)9-3-5-10(6-4-9)23-14(15,16)17/h3-6H,7-8H2,1-2H3,(H,18,21)(H,19,20). The molecule has 9 heteroatoms. The van der Waals surface area contributed by atoms with Gasteiger partial charge >= 0.3 is 11.5 Å². The number of nitrogens with one attached hydrogen (secondary N) is 1. The van der Waals surface area contributed by atoms with Crippen LogP contribution in [0.25, 0.3) is 0 Å². The number of hydrogen-bond donors (Lipinski definition) is 2. The molecule has 0 bridgehead atoms. The summed E-state index contributed by atoms with van der Waals surface area (Å²) in [5.41, 5.74) is -5.40. The third kappa shape index (κ3) is 6.91. The number of hydrogen-bond acceptors (Lipinski definition) is 4. The smallest absolute Gasteiger partial charge is 0.446 e. The summed E-state index contributed by atoms with van der Waals surface area (Å²) in [6, 6.07) is 4.85. The summed E-state index contributed by atoms with van der Waals surface area (Å²) < 4.78 is 41.6. The van der Waals surface area contributed by atoms with E-state index in [1.165, 1.54) is 38.3 Å². The van der Waals surface area contributed by atoms with E-state index >= 15 is 0 Å². The van der Waals surface area contributed by atoms with Crippen molar-refractivity contribution in [2.75, 3.05) is 13.7 Å². The van der Waals surface area contributed by atoms with E-state index in [9.17, 15) is 22.8 Å². The van der Waals surface area contributed by atoms with E-state index in [1.54, 1.807) is 0 Å². The van der Waals surface area contributed by atoms with Crippen LogP contribution in [-0.4, -0.2) is 41.7 Å². The topological polar surface area (TPSA) is 75.6 Å². The van der Waals surface area contributed by atoms with Crippen molar-refractivity contribution in [3.63, 3.8) is 0 Å². The Kier molecular flexibility index (Phi) is 6.46. The number of methoxy groups -OCH3 is 1. The lowest BCUT2D eigenvalue weighted by Gasteiger charge is -2.28. The second-order valence-corrected chi connectivity index (χ2v) is 6.23. The first-order valence-corrected chi connectivity index (χ1v) is 7.25. The lowest BCUT2D eigenvalue weighted by molar-refractivity contribution is -0.139. The molecule has 1 aromatic carbocycles. The van der Waals surface area contributed by atoms with Crippen LogP contribution in [0.3, 0.4) is 0 Å². The lowest BCUT2D eigenvalue weighted by atomic mass is 9.98. The van der Waals surface area contributed by atoms with Crippen LogP contribution < -0.4 is 5.32 Å². The van der Waals surface area contributed by atoms with Crippen molar-refractivity contribution < 1.29 is 32.6 Å². The highest BCUT2D eigenvalue weighted by Crippen LogP contribution is 2.36. The van der Waals surface area contributed by atoms with Gasteiger partial charge in [0.2, 0.25) is 0 Å². The number of benzene rings is 1. The summed E-state index contributed by atoms with van der Waals surface area (Å²) in [6.45, 7) is 1.49. The molecule has 0 spiro atoms. The van der Waals surface area contributed by atoms with E-state index in [0.29, 0.717) is 0 Å². The van der Waals surface area contributed by atoms with E-state index in [2.05, 4.69) is 5.32 Å². The Bertz CT molecular complexity index is 562. The van der Waals surface area contributed by atoms with Gasteiger partial charge < -0.3 is 15.2 Å². The SMILES string of the molecule is COCC(C)(CC(=O)O)NC(=O)c1ccc(SC(F)(F)F)cc1. The minimum Gasteiger partial charge on any atom is -0.481 e. The van der Waals surface area contributed by atoms with Gasteiger partial charge in [0.1, 0.15) is 0 Å². The van der Waals surface area contributed by atoms with Crippen molar-refractivity contribution in [3.05, 3.63) is 29.8 Å². The van der Waals surface area contributed by atoms with E-state index in [1.807, 2.05) is 0 Å². The molecule has 1 aromatic rings. The number of carbonyl (C=O) groups is 2. The number of halogens is 3. The number of alkyl halides is 3. The molecule has 0 heterocycles. The van der Waals surface area contributed by atoms with Gasteiger partial charge in [0.25, 0.3) is 5.91 Å². The van der Waals surface area contributed by atoms with Crippen LogP contribution in [0, 0.1) is 0 Å². The molecule has 0 fully saturated rings. The minimum atomic E-state index is -4.40. The van der Waals surface area contributed by atoms with Gasteiger partial charge in [0.05, 0.1) is 18.6 Å². The Balaban J connectivity index is 2.81. The number of carboxylic acids is 1. The fourth-order valence-corrected chi connectivity index (χ4v) is 2.48. The van der Waals surface area contributed by atoms with Crippen molar-refractivity contribution in [2.45, 2.75) is 29.3 Å². The fraction of sp³-hybridized carbons (Fsp3) is 0.429. The van der Waals surface area contributed by atoms with E-state index in [4.69, 9.17) is 9.84 Å². The molecule has 0 aromatic heterocycles. The first-order chi connectivity index (χ1) is 10.5. The number of carbonyl (C=O) groups excluding carboxylic acids is 1. The Morgan fingerprint density at radius 3 is 2.26 bits per heavy atom. The molecule has 1 atom stereocenters. The second kappa shape index (κ2) is 7.69. The first kappa shape index (κ1) is 19.3. The van der Waals surface area contributed by atoms with Crippen LogP contribution in [-0.2, 0) is 9.53 Å². The molecule has 0 saturated heterocycles. The molecule has 0 aliphatic rings. The molecule has 1 unspecified atom stereocenters. The Labute approximate surface area is 135 Å². The highest BCUT2D eigenvalue weighted by Gasteiger charge is 2.31. The predicted molar refractivity (Wildman–Crippen MR) is 78.4 cm³/mol. The van der Waals surface area contributed by atoms with Crippen molar-refractivity contribution in [2.24, 2.45) is 0 Å². The average Bonchev–Trinajstić information content (AvgIpc) is 2.36. The molecule has 23 heavy (non-hydrogen) atoms. The highest BCUT2D eigenvalue weighted by atomic mass is 32.2. The summed E-state index contributed by atoms with van der Waals surface area (Å²) in [6.07, 6.45) is -0.353. The predicted octanol–water partition coefficient (Wildman–Crippen LogP) is 2.91. The van der Waals surface area contributed by atoms with Crippen LogP contribution in [0.4, 0.5) is 13.2 Å².